The summed E-state index contributed by atoms with van der Waals surface area (Å²) >= 11 is 0. The molecule has 0 bridgehead atoms. The van der Waals surface area contributed by atoms with E-state index in [0.717, 1.165) is 26.1 Å². The molecule has 0 fully saturated rings. The monoisotopic (exact) mass is 261 g/mol. The first-order valence-electron chi connectivity index (χ1n) is 7.37. The van der Waals surface area contributed by atoms with Gasteiger partial charge >= 0.3 is 0 Å². The molecule has 0 radical (unpaired) electrons. The van der Waals surface area contributed by atoms with Gasteiger partial charge in [-0.05, 0) is 56.6 Å². The maximum atomic E-state index is 12.1. The number of hydrogen-bond acceptors (Lipinski definition) is 2. The van der Waals surface area contributed by atoms with Crippen LogP contribution in [-0.2, 0) is 11.2 Å². The van der Waals surface area contributed by atoms with E-state index >= 15 is 0 Å². The van der Waals surface area contributed by atoms with Gasteiger partial charge in [0, 0.05) is 12.8 Å². The molecule has 106 valence electrons. The molecule has 0 atom stereocenters. The first-order valence-corrected chi connectivity index (χ1v) is 7.37. The van der Waals surface area contributed by atoms with Crippen LogP contribution in [0.1, 0.15) is 43.4 Å². The SMILES string of the molecule is CCN(CC)CCCC(=O)Cc1c(C)cccc1C. The fraction of sp³-hybridized carbons (Fsp3) is 0.588. The lowest BCUT2D eigenvalue weighted by Gasteiger charge is -2.17. The summed E-state index contributed by atoms with van der Waals surface area (Å²) in [6.45, 7) is 11.7. The summed E-state index contributed by atoms with van der Waals surface area (Å²) in [7, 11) is 0. The highest BCUT2D eigenvalue weighted by atomic mass is 16.1. The second-order valence-corrected chi connectivity index (χ2v) is 5.22. The van der Waals surface area contributed by atoms with E-state index in [1.165, 1.54) is 16.7 Å². The summed E-state index contributed by atoms with van der Waals surface area (Å²) in [6.07, 6.45) is 2.27. The highest BCUT2D eigenvalue weighted by Gasteiger charge is 2.09. The molecule has 0 aliphatic rings. The predicted molar refractivity (Wildman–Crippen MR) is 81.6 cm³/mol. The summed E-state index contributed by atoms with van der Waals surface area (Å²) < 4.78 is 0. The molecular weight excluding hydrogens is 234 g/mol. The Hall–Kier alpha value is -1.15. The Labute approximate surface area is 117 Å². The molecule has 0 saturated heterocycles. The number of hydrogen-bond donors (Lipinski definition) is 0. The van der Waals surface area contributed by atoms with Gasteiger partial charge in [0.15, 0.2) is 0 Å². The molecule has 0 spiro atoms. The molecule has 2 heteroatoms. The molecule has 1 aromatic carbocycles. The largest absolute Gasteiger partial charge is 0.304 e. The Kier molecular flexibility index (Phi) is 6.79. The van der Waals surface area contributed by atoms with Crippen molar-refractivity contribution in [2.75, 3.05) is 19.6 Å². The Balaban J connectivity index is 2.43. The van der Waals surface area contributed by atoms with Crippen LogP contribution in [0.4, 0.5) is 0 Å². The zero-order chi connectivity index (χ0) is 14.3. The fourth-order valence-electron chi connectivity index (χ4n) is 2.45. The lowest BCUT2D eigenvalue weighted by molar-refractivity contribution is -0.118. The Morgan fingerprint density at radius 2 is 1.68 bits per heavy atom. The summed E-state index contributed by atoms with van der Waals surface area (Å²) in [5.41, 5.74) is 3.68. The number of aryl methyl sites for hydroxylation is 2. The normalized spacial score (nSPS) is 11.0. The lowest BCUT2D eigenvalue weighted by atomic mass is 9.97. The second kappa shape index (κ2) is 8.11. The summed E-state index contributed by atoms with van der Waals surface area (Å²) in [5, 5.41) is 0. The van der Waals surface area contributed by atoms with Gasteiger partial charge in [-0.3, -0.25) is 4.79 Å². The lowest BCUT2D eigenvalue weighted by Crippen LogP contribution is -2.24. The summed E-state index contributed by atoms with van der Waals surface area (Å²) in [5.74, 6) is 0.365. The molecule has 0 amide bonds. The van der Waals surface area contributed by atoms with E-state index in [9.17, 15) is 4.79 Å². The van der Waals surface area contributed by atoms with Gasteiger partial charge in [-0.15, -0.1) is 0 Å². The molecule has 0 unspecified atom stereocenters. The number of carbonyl (C=O) groups excluding carboxylic acids is 1. The van der Waals surface area contributed by atoms with Crippen LogP contribution in [0.2, 0.25) is 0 Å². The molecule has 1 rings (SSSR count). The minimum absolute atomic E-state index is 0.365. The molecule has 0 heterocycles. The van der Waals surface area contributed by atoms with E-state index < -0.39 is 0 Å². The average molecular weight is 261 g/mol. The molecule has 0 aliphatic carbocycles. The first-order chi connectivity index (χ1) is 9.08. The van der Waals surface area contributed by atoms with Gasteiger partial charge in [-0.2, -0.15) is 0 Å². The molecular formula is C17H27NO. The predicted octanol–water partition coefficient (Wildman–Crippen LogP) is 3.54. The van der Waals surface area contributed by atoms with Crippen molar-refractivity contribution in [3.63, 3.8) is 0 Å². The van der Waals surface area contributed by atoms with Crippen LogP contribution in [0.3, 0.4) is 0 Å². The number of ketones is 1. The highest BCUT2D eigenvalue weighted by molar-refractivity contribution is 5.81. The van der Waals surface area contributed by atoms with E-state index in [-0.39, 0.29) is 0 Å². The van der Waals surface area contributed by atoms with Crippen molar-refractivity contribution in [1.82, 2.24) is 4.90 Å². The quantitative estimate of drug-likeness (QED) is 0.713. The van der Waals surface area contributed by atoms with Crippen LogP contribution in [-0.4, -0.2) is 30.3 Å². The van der Waals surface area contributed by atoms with E-state index in [4.69, 9.17) is 0 Å². The van der Waals surface area contributed by atoms with Crippen molar-refractivity contribution in [3.05, 3.63) is 34.9 Å². The smallest absolute Gasteiger partial charge is 0.137 e. The third kappa shape index (κ3) is 5.15. The molecule has 0 N–H and O–H groups in total. The van der Waals surface area contributed by atoms with Gasteiger partial charge in [0.05, 0.1) is 0 Å². The highest BCUT2D eigenvalue weighted by Crippen LogP contribution is 2.15. The van der Waals surface area contributed by atoms with Crippen LogP contribution in [0, 0.1) is 13.8 Å². The summed E-state index contributed by atoms with van der Waals surface area (Å²) in [4.78, 5) is 14.4. The number of rotatable bonds is 8. The zero-order valence-electron chi connectivity index (χ0n) is 12.8. The van der Waals surface area contributed by atoms with Crippen molar-refractivity contribution in [2.45, 2.75) is 47.0 Å². The fourth-order valence-corrected chi connectivity index (χ4v) is 2.45. The van der Waals surface area contributed by atoms with Crippen molar-refractivity contribution in [1.29, 1.82) is 0 Å². The Morgan fingerprint density at radius 1 is 1.11 bits per heavy atom. The van der Waals surface area contributed by atoms with Crippen LogP contribution < -0.4 is 0 Å². The van der Waals surface area contributed by atoms with Gasteiger partial charge in [0.2, 0.25) is 0 Å². The van der Waals surface area contributed by atoms with E-state index in [2.05, 4.69) is 50.8 Å². The van der Waals surface area contributed by atoms with Gasteiger partial charge < -0.3 is 4.90 Å². The molecule has 0 aromatic heterocycles. The maximum absolute atomic E-state index is 12.1. The topological polar surface area (TPSA) is 20.3 Å². The third-order valence-electron chi connectivity index (χ3n) is 3.84. The molecule has 2 nitrogen and oxygen atoms in total. The van der Waals surface area contributed by atoms with Gasteiger partial charge in [0.25, 0.3) is 0 Å². The standard InChI is InChI=1S/C17H27NO/c1-5-18(6-2)12-8-11-16(19)13-17-14(3)9-7-10-15(17)4/h7,9-10H,5-6,8,11-13H2,1-4H3. The van der Waals surface area contributed by atoms with Crippen molar-refractivity contribution in [2.24, 2.45) is 0 Å². The Bertz CT molecular complexity index is 387. The van der Waals surface area contributed by atoms with Crippen molar-refractivity contribution >= 4 is 5.78 Å². The third-order valence-corrected chi connectivity index (χ3v) is 3.84. The average Bonchev–Trinajstić information content (AvgIpc) is 2.39. The first kappa shape index (κ1) is 15.9. The maximum Gasteiger partial charge on any atom is 0.137 e. The minimum Gasteiger partial charge on any atom is -0.304 e. The van der Waals surface area contributed by atoms with Crippen LogP contribution in [0.5, 0.6) is 0 Å². The Morgan fingerprint density at radius 3 is 2.21 bits per heavy atom. The van der Waals surface area contributed by atoms with E-state index in [0.29, 0.717) is 18.6 Å². The molecule has 1 aromatic rings. The number of benzene rings is 1. The molecule has 0 aliphatic heterocycles. The van der Waals surface area contributed by atoms with Crippen LogP contribution in [0.25, 0.3) is 0 Å². The van der Waals surface area contributed by atoms with E-state index in [1.54, 1.807) is 0 Å². The zero-order valence-corrected chi connectivity index (χ0v) is 12.8. The second-order valence-electron chi connectivity index (χ2n) is 5.22. The van der Waals surface area contributed by atoms with Gasteiger partial charge in [-0.25, -0.2) is 0 Å². The molecule has 0 saturated carbocycles. The van der Waals surface area contributed by atoms with Gasteiger partial charge in [-0.1, -0.05) is 32.0 Å². The van der Waals surface area contributed by atoms with Crippen molar-refractivity contribution in [3.8, 4) is 0 Å². The number of nitrogens with zero attached hydrogens (tertiary/aromatic N) is 1. The van der Waals surface area contributed by atoms with Crippen molar-refractivity contribution < 1.29 is 4.79 Å². The number of carbonyl (C=O) groups is 1. The van der Waals surface area contributed by atoms with E-state index in [1.807, 2.05) is 0 Å². The van der Waals surface area contributed by atoms with Crippen LogP contribution >= 0.6 is 0 Å². The summed E-state index contributed by atoms with van der Waals surface area (Å²) in [6, 6.07) is 6.23. The number of Topliss-reactive ketones (excluding diaryl/α,β-unsaturated/α-hetero) is 1. The molecule has 19 heavy (non-hydrogen) atoms. The minimum atomic E-state index is 0.365. The van der Waals surface area contributed by atoms with Crippen LogP contribution in [0.15, 0.2) is 18.2 Å². The van der Waals surface area contributed by atoms with Gasteiger partial charge in [0.1, 0.15) is 5.78 Å².